The van der Waals surface area contributed by atoms with E-state index in [1.165, 1.54) is 0 Å². The van der Waals surface area contributed by atoms with Crippen molar-refractivity contribution in [2.45, 2.75) is 26.1 Å². The number of amides is 1. The van der Waals surface area contributed by atoms with Gasteiger partial charge in [0.1, 0.15) is 5.92 Å². The number of benzene rings is 2. The Balaban J connectivity index is 1.68. The third-order valence-electron chi connectivity index (χ3n) is 3.92. The summed E-state index contributed by atoms with van der Waals surface area (Å²) in [5.41, 5.74) is 1.89. The highest BCUT2D eigenvalue weighted by Gasteiger charge is 2.31. The maximum atomic E-state index is 12.4. The molecule has 0 fully saturated rings. The summed E-state index contributed by atoms with van der Waals surface area (Å²) in [5, 5.41) is 20.9. The molecule has 1 aliphatic heterocycles. The van der Waals surface area contributed by atoms with Crippen molar-refractivity contribution in [3.05, 3.63) is 53.6 Å². The molecule has 0 bridgehead atoms. The van der Waals surface area contributed by atoms with Gasteiger partial charge in [0, 0.05) is 25.6 Å². The first-order valence-corrected chi connectivity index (χ1v) is 8.12. The molecule has 0 saturated heterocycles. The van der Waals surface area contributed by atoms with Gasteiger partial charge in [-0.15, -0.1) is 0 Å². The lowest BCUT2D eigenvalue weighted by molar-refractivity contribution is -0.118. The molecule has 3 rings (SSSR count). The SMILES string of the molecule is CC1(C)Oc2ccc(NC(=O)[C@@H](C#N)Cc3ccc(C#N)cc3)cc2O1. The van der Waals surface area contributed by atoms with Crippen LogP contribution in [0.1, 0.15) is 25.0 Å². The zero-order valence-electron chi connectivity index (χ0n) is 14.4. The van der Waals surface area contributed by atoms with E-state index in [9.17, 15) is 10.1 Å². The van der Waals surface area contributed by atoms with Crippen LogP contribution in [0.15, 0.2) is 42.5 Å². The average molecular weight is 347 g/mol. The fourth-order valence-corrected chi connectivity index (χ4v) is 2.68. The van der Waals surface area contributed by atoms with E-state index in [1.54, 1.807) is 56.3 Å². The highest BCUT2D eigenvalue weighted by molar-refractivity contribution is 5.94. The first-order valence-electron chi connectivity index (χ1n) is 8.12. The van der Waals surface area contributed by atoms with E-state index < -0.39 is 17.6 Å². The van der Waals surface area contributed by atoms with Crippen LogP contribution in [-0.4, -0.2) is 11.7 Å². The van der Waals surface area contributed by atoms with Gasteiger partial charge in [0.15, 0.2) is 11.5 Å². The van der Waals surface area contributed by atoms with Gasteiger partial charge in [0.05, 0.1) is 17.7 Å². The van der Waals surface area contributed by atoms with Gasteiger partial charge in [0.2, 0.25) is 11.7 Å². The summed E-state index contributed by atoms with van der Waals surface area (Å²) in [5.74, 6) is -0.814. The van der Waals surface area contributed by atoms with Crippen molar-refractivity contribution in [1.82, 2.24) is 0 Å². The number of carbonyl (C=O) groups excluding carboxylic acids is 1. The fraction of sp³-hybridized carbons (Fsp3) is 0.250. The third kappa shape index (κ3) is 3.76. The van der Waals surface area contributed by atoms with Crippen molar-refractivity contribution >= 4 is 11.6 Å². The third-order valence-corrected chi connectivity index (χ3v) is 3.92. The van der Waals surface area contributed by atoms with Crippen molar-refractivity contribution in [2.75, 3.05) is 5.32 Å². The van der Waals surface area contributed by atoms with Crippen LogP contribution in [0.3, 0.4) is 0 Å². The molecule has 1 atom stereocenters. The van der Waals surface area contributed by atoms with Crippen LogP contribution in [0.2, 0.25) is 0 Å². The zero-order chi connectivity index (χ0) is 18.7. The lowest BCUT2D eigenvalue weighted by atomic mass is 9.99. The number of ether oxygens (including phenoxy) is 2. The van der Waals surface area contributed by atoms with Crippen LogP contribution in [0.4, 0.5) is 5.69 Å². The largest absolute Gasteiger partial charge is 0.449 e. The minimum absolute atomic E-state index is 0.269. The number of nitrogens with zero attached hydrogens (tertiary/aromatic N) is 2. The van der Waals surface area contributed by atoms with Gasteiger partial charge < -0.3 is 14.8 Å². The maximum absolute atomic E-state index is 12.4. The molecule has 0 radical (unpaired) electrons. The molecule has 0 spiro atoms. The van der Waals surface area contributed by atoms with Gasteiger partial charge in [-0.25, -0.2) is 0 Å². The second-order valence-corrected chi connectivity index (χ2v) is 6.45. The second-order valence-electron chi connectivity index (χ2n) is 6.45. The summed E-state index contributed by atoms with van der Waals surface area (Å²) >= 11 is 0. The van der Waals surface area contributed by atoms with Crippen LogP contribution < -0.4 is 14.8 Å². The van der Waals surface area contributed by atoms with Gasteiger partial charge in [-0.3, -0.25) is 4.79 Å². The van der Waals surface area contributed by atoms with Crippen molar-refractivity contribution in [1.29, 1.82) is 10.5 Å². The van der Waals surface area contributed by atoms with Crippen molar-refractivity contribution in [3.63, 3.8) is 0 Å². The van der Waals surface area contributed by atoms with E-state index in [0.29, 0.717) is 22.7 Å². The zero-order valence-corrected chi connectivity index (χ0v) is 14.4. The van der Waals surface area contributed by atoms with Crippen LogP contribution in [0.5, 0.6) is 11.5 Å². The predicted molar refractivity (Wildman–Crippen MR) is 94.4 cm³/mol. The first-order chi connectivity index (χ1) is 12.4. The Bertz CT molecular complexity index is 921. The molecule has 2 aromatic rings. The smallest absolute Gasteiger partial charge is 0.246 e. The standard InChI is InChI=1S/C20H17N3O3/c1-20(2)25-17-8-7-16(10-18(17)26-20)23-19(24)15(12-22)9-13-3-5-14(11-21)6-4-13/h3-8,10,15H,9H2,1-2H3,(H,23,24)/t15-/m1/s1. The molecule has 0 unspecified atom stereocenters. The number of anilines is 1. The van der Waals surface area contributed by atoms with Crippen molar-refractivity contribution < 1.29 is 14.3 Å². The molecule has 0 saturated carbocycles. The Kier molecular flexibility index (Phi) is 4.51. The molecular weight excluding hydrogens is 330 g/mol. The maximum Gasteiger partial charge on any atom is 0.246 e. The summed E-state index contributed by atoms with van der Waals surface area (Å²) in [7, 11) is 0. The molecule has 0 aromatic heterocycles. The monoisotopic (exact) mass is 347 g/mol. The van der Waals surface area contributed by atoms with Crippen molar-refractivity contribution in [3.8, 4) is 23.6 Å². The Morgan fingerprint density at radius 2 is 1.81 bits per heavy atom. The molecule has 2 aromatic carbocycles. The molecular formula is C20H17N3O3. The lowest BCUT2D eigenvalue weighted by Gasteiger charge is -2.16. The number of fused-ring (bicyclic) bond motifs is 1. The second kappa shape index (κ2) is 6.78. The Morgan fingerprint density at radius 3 is 2.46 bits per heavy atom. The Morgan fingerprint density at radius 1 is 1.12 bits per heavy atom. The normalized spacial score (nSPS) is 14.8. The molecule has 0 aliphatic carbocycles. The summed E-state index contributed by atoms with van der Waals surface area (Å²) in [6, 6.07) is 16.0. The number of nitriles is 2. The Labute approximate surface area is 151 Å². The minimum Gasteiger partial charge on any atom is -0.449 e. The average Bonchev–Trinajstić information content (AvgIpc) is 2.93. The first kappa shape index (κ1) is 17.3. The number of nitrogens with one attached hydrogen (secondary N) is 1. The van der Waals surface area contributed by atoms with E-state index >= 15 is 0 Å². The number of rotatable bonds is 4. The van der Waals surface area contributed by atoms with Crippen molar-refractivity contribution in [2.24, 2.45) is 5.92 Å². The predicted octanol–water partition coefficient (Wildman–Crippen LogP) is 3.39. The fourth-order valence-electron chi connectivity index (χ4n) is 2.68. The number of hydrogen-bond acceptors (Lipinski definition) is 5. The molecule has 26 heavy (non-hydrogen) atoms. The molecule has 6 nitrogen and oxygen atoms in total. The van der Waals surface area contributed by atoms with E-state index in [1.807, 2.05) is 12.1 Å². The molecule has 1 amide bonds. The quantitative estimate of drug-likeness (QED) is 0.915. The van der Waals surface area contributed by atoms with Gasteiger partial charge in [-0.2, -0.15) is 10.5 Å². The summed E-state index contributed by atoms with van der Waals surface area (Å²) in [4.78, 5) is 12.4. The highest BCUT2D eigenvalue weighted by Crippen LogP contribution is 2.40. The summed E-state index contributed by atoms with van der Waals surface area (Å²) in [6.45, 7) is 3.60. The van der Waals surface area contributed by atoms with E-state index in [0.717, 1.165) is 5.56 Å². The highest BCUT2D eigenvalue weighted by atomic mass is 16.7. The summed E-state index contributed by atoms with van der Waals surface area (Å²) in [6.07, 6.45) is 0.269. The van der Waals surface area contributed by atoms with Crippen LogP contribution in [-0.2, 0) is 11.2 Å². The van der Waals surface area contributed by atoms with Crippen LogP contribution >= 0.6 is 0 Å². The molecule has 1 N–H and O–H groups in total. The van der Waals surface area contributed by atoms with Crippen LogP contribution in [0.25, 0.3) is 0 Å². The lowest BCUT2D eigenvalue weighted by Crippen LogP contribution is -2.29. The van der Waals surface area contributed by atoms with Gasteiger partial charge in [-0.05, 0) is 36.2 Å². The summed E-state index contributed by atoms with van der Waals surface area (Å²) < 4.78 is 11.3. The molecule has 130 valence electrons. The molecule has 6 heteroatoms. The topological polar surface area (TPSA) is 95.1 Å². The van der Waals surface area contributed by atoms with Gasteiger partial charge in [-0.1, -0.05) is 12.1 Å². The Hall–Kier alpha value is -3.51. The van der Waals surface area contributed by atoms with Gasteiger partial charge in [0.25, 0.3) is 0 Å². The number of hydrogen-bond donors (Lipinski definition) is 1. The van der Waals surface area contributed by atoms with Crippen LogP contribution in [0, 0.1) is 28.6 Å². The minimum atomic E-state index is -0.843. The number of carbonyl (C=O) groups is 1. The van der Waals surface area contributed by atoms with E-state index in [-0.39, 0.29) is 6.42 Å². The molecule has 1 aliphatic rings. The van der Waals surface area contributed by atoms with Gasteiger partial charge >= 0.3 is 0 Å². The van der Waals surface area contributed by atoms with E-state index in [2.05, 4.69) is 5.32 Å². The molecule has 1 heterocycles. The van der Waals surface area contributed by atoms with E-state index in [4.69, 9.17) is 14.7 Å².